The second-order valence-corrected chi connectivity index (χ2v) is 9.57. The van der Waals surface area contributed by atoms with Crippen LogP contribution < -0.4 is 14.9 Å². The molecule has 0 bridgehead atoms. The Bertz CT molecular complexity index is 1050. The lowest BCUT2D eigenvalue weighted by atomic mass is 10.1. The van der Waals surface area contributed by atoms with E-state index in [4.69, 9.17) is 13.9 Å². The molecule has 0 aliphatic heterocycles. The van der Waals surface area contributed by atoms with Crippen molar-refractivity contribution in [2.45, 2.75) is 66.2 Å². The van der Waals surface area contributed by atoms with Crippen LogP contribution in [0, 0.1) is 0 Å². The summed E-state index contributed by atoms with van der Waals surface area (Å²) in [6, 6.07) is 11.1. The van der Waals surface area contributed by atoms with Gasteiger partial charge in [-0.15, -0.1) is 0 Å². The number of fused-ring (bicyclic) bond motifs is 2. The van der Waals surface area contributed by atoms with Crippen LogP contribution in [0.1, 0.15) is 66.2 Å². The van der Waals surface area contributed by atoms with Crippen molar-refractivity contribution in [2.75, 3.05) is 52.5 Å². The summed E-state index contributed by atoms with van der Waals surface area (Å²) in [6.07, 6.45) is 6.49. The molecule has 0 fully saturated rings. The highest BCUT2D eigenvalue weighted by atomic mass is 16.5. The molecule has 1 heterocycles. The molecule has 0 radical (unpaired) electrons. The summed E-state index contributed by atoms with van der Waals surface area (Å²) >= 11 is 0. The summed E-state index contributed by atoms with van der Waals surface area (Å²) in [4.78, 5) is 18.2. The summed E-state index contributed by atoms with van der Waals surface area (Å²) in [6.45, 7) is 16.7. The van der Waals surface area contributed by atoms with E-state index in [0.717, 1.165) is 77.8 Å². The van der Waals surface area contributed by atoms with Gasteiger partial charge in [0.15, 0.2) is 22.7 Å². The van der Waals surface area contributed by atoms with Crippen molar-refractivity contribution in [1.82, 2.24) is 9.80 Å². The Kier molecular flexibility index (Phi) is 12.2. The molecule has 6 nitrogen and oxygen atoms in total. The zero-order valence-electron chi connectivity index (χ0n) is 23.4. The third-order valence-corrected chi connectivity index (χ3v) is 7.19. The molecule has 0 saturated heterocycles. The second kappa shape index (κ2) is 15.6. The maximum Gasteiger partial charge on any atom is 0.200 e. The van der Waals surface area contributed by atoms with E-state index < -0.39 is 0 Å². The Labute approximate surface area is 222 Å². The first-order chi connectivity index (χ1) is 18.1. The molecular formula is C31H46N2O4. The van der Waals surface area contributed by atoms with Crippen LogP contribution in [0.25, 0.3) is 21.9 Å². The Balaban J connectivity index is 1.64. The van der Waals surface area contributed by atoms with Crippen molar-refractivity contribution in [2.24, 2.45) is 0 Å². The van der Waals surface area contributed by atoms with Crippen molar-refractivity contribution in [1.29, 1.82) is 0 Å². The average Bonchev–Trinajstić information content (AvgIpc) is 2.93. The largest absolute Gasteiger partial charge is 0.490 e. The van der Waals surface area contributed by atoms with E-state index in [1.807, 2.05) is 24.3 Å². The highest BCUT2D eigenvalue weighted by molar-refractivity contribution is 5.94. The highest BCUT2D eigenvalue weighted by Crippen LogP contribution is 2.31. The first kappa shape index (κ1) is 29.0. The smallest absolute Gasteiger partial charge is 0.200 e. The number of unbranched alkanes of at least 4 members (excludes halogenated alkanes) is 4. The fraction of sp³-hybridized carbons (Fsp3) is 0.581. The van der Waals surface area contributed by atoms with Gasteiger partial charge in [-0.1, -0.05) is 39.8 Å². The van der Waals surface area contributed by atoms with Crippen LogP contribution >= 0.6 is 0 Å². The number of hydrogen-bond donors (Lipinski definition) is 0. The predicted octanol–water partition coefficient (Wildman–Crippen LogP) is 6.73. The van der Waals surface area contributed by atoms with Crippen LogP contribution in [0.2, 0.25) is 0 Å². The zero-order chi connectivity index (χ0) is 26.5. The molecule has 204 valence electrons. The highest BCUT2D eigenvalue weighted by Gasteiger charge is 2.15. The summed E-state index contributed by atoms with van der Waals surface area (Å²) in [7, 11) is 0. The first-order valence-electron chi connectivity index (χ1n) is 14.3. The van der Waals surface area contributed by atoms with Gasteiger partial charge in [0.25, 0.3) is 0 Å². The van der Waals surface area contributed by atoms with E-state index in [1.54, 1.807) is 12.1 Å². The molecule has 6 heteroatoms. The second-order valence-electron chi connectivity index (χ2n) is 9.57. The maximum atomic E-state index is 13.3. The number of nitrogens with zero attached hydrogens (tertiary/aromatic N) is 2. The van der Waals surface area contributed by atoms with Gasteiger partial charge in [0, 0.05) is 0 Å². The molecule has 3 aromatic rings. The number of para-hydroxylation sites is 2. The van der Waals surface area contributed by atoms with Crippen LogP contribution in [0.5, 0.6) is 11.5 Å². The van der Waals surface area contributed by atoms with E-state index in [0.29, 0.717) is 46.7 Å². The molecule has 3 rings (SSSR count). The van der Waals surface area contributed by atoms with Crippen LogP contribution in [-0.4, -0.2) is 62.3 Å². The molecule has 37 heavy (non-hydrogen) atoms. The monoisotopic (exact) mass is 510 g/mol. The van der Waals surface area contributed by atoms with E-state index in [2.05, 4.69) is 37.5 Å². The summed E-state index contributed by atoms with van der Waals surface area (Å²) in [5.41, 5.74) is 0.947. The van der Waals surface area contributed by atoms with Crippen LogP contribution in [0.3, 0.4) is 0 Å². The molecule has 0 saturated carbocycles. The lowest BCUT2D eigenvalue weighted by Crippen LogP contribution is -2.23. The third kappa shape index (κ3) is 8.21. The van der Waals surface area contributed by atoms with E-state index in [1.165, 1.54) is 0 Å². The molecule has 1 aromatic heterocycles. The van der Waals surface area contributed by atoms with Gasteiger partial charge in [0.2, 0.25) is 5.43 Å². The molecule has 0 atom stereocenters. The summed E-state index contributed by atoms with van der Waals surface area (Å²) in [5.74, 6) is 1.23. The fourth-order valence-electron chi connectivity index (χ4n) is 4.75. The minimum Gasteiger partial charge on any atom is -0.490 e. The number of hydrogen-bond acceptors (Lipinski definition) is 6. The van der Waals surface area contributed by atoms with Gasteiger partial charge in [0.1, 0.15) is 0 Å². The topological polar surface area (TPSA) is 55.1 Å². The average molecular weight is 511 g/mol. The van der Waals surface area contributed by atoms with Crippen LogP contribution in [-0.2, 0) is 0 Å². The molecule has 0 amide bonds. The third-order valence-electron chi connectivity index (χ3n) is 7.19. The molecule has 0 aliphatic carbocycles. The van der Waals surface area contributed by atoms with Gasteiger partial charge in [0.05, 0.1) is 24.0 Å². The molecule has 2 aromatic carbocycles. The first-order valence-corrected chi connectivity index (χ1v) is 14.3. The quantitative estimate of drug-likeness (QED) is 0.140. The van der Waals surface area contributed by atoms with Gasteiger partial charge >= 0.3 is 0 Å². The predicted molar refractivity (Wildman–Crippen MR) is 154 cm³/mol. The summed E-state index contributed by atoms with van der Waals surface area (Å²) in [5, 5.41) is 1.08. The summed E-state index contributed by atoms with van der Waals surface area (Å²) < 4.78 is 18.5. The van der Waals surface area contributed by atoms with Crippen molar-refractivity contribution in [3.05, 3.63) is 46.6 Å². The van der Waals surface area contributed by atoms with Gasteiger partial charge in [-0.05, 0) is 102 Å². The Morgan fingerprint density at radius 3 is 1.46 bits per heavy atom. The number of benzene rings is 2. The van der Waals surface area contributed by atoms with E-state index >= 15 is 0 Å². The zero-order valence-corrected chi connectivity index (χ0v) is 23.4. The molecule has 0 aliphatic rings. The Hall–Kier alpha value is -2.57. The fourth-order valence-corrected chi connectivity index (χ4v) is 4.75. The van der Waals surface area contributed by atoms with Crippen molar-refractivity contribution >= 4 is 21.9 Å². The minimum atomic E-state index is -0.0504. The van der Waals surface area contributed by atoms with Crippen molar-refractivity contribution in [3.8, 4) is 11.5 Å². The van der Waals surface area contributed by atoms with Crippen LogP contribution in [0.4, 0.5) is 0 Å². The van der Waals surface area contributed by atoms with E-state index in [9.17, 15) is 4.79 Å². The van der Waals surface area contributed by atoms with Gasteiger partial charge in [-0.2, -0.15) is 0 Å². The number of ether oxygens (including phenoxy) is 2. The Morgan fingerprint density at radius 1 is 0.622 bits per heavy atom. The van der Waals surface area contributed by atoms with Gasteiger partial charge in [-0.25, -0.2) is 0 Å². The van der Waals surface area contributed by atoms with Crippen molar-refractivity contribution in [3.63, 3.8) is 0 Å². The standard InChI is InChI=1S/C31H46N2O4/c1-5-32(6-2)21-11-9-13-23-35-27-19-15-17-25-29(34)26-18-16-20-28(31(26)37-30(25)27)36-24-14-10-12-22-33(7-3)8-4/h15-20H,5-14,21-24H2,1-4H3. The molecular weight excluding hydrogens is 464 g/mol. The molecule has 0 spiro atoms. The lowest BCUT2D eigenvalue weighted by Gasteiger charge is -2.17. The normalized spacial score (nSPS) is 11.7. The van der Waals surface area contributed by atoms with Gasteiger partial charge < -0.3 is 23.7 Å². The molecule has 0 unspecified atom stereocenters. The molecule has 0 N–H and O–H groups in total. The van der Waals surface area contributed by atoms with Crippen LogP contribution in [0.15, 0.2) is 45.6 Å². The Morgan fingerprint density at radius 2 is 1.05 bits per heavy atom. The van der Waals surface area contributed by atoms with Gasteiger partial charge in [-0.3, -0.25) is 4.79 Å². The van der Waals surface area contributed by atoms with Crippen molar-refractivity contribution < 1.29 is 13.9 Å². The van der Waals surface area contributed by atoms with E-state index in [-0.39, 0.29) is 5.43 Å². The maximum absolute atomic E-state index is 13.3. The SMILES string of the molecule is CCN(CC)CCCCCOc1cccc2c(=O)c3cccc(OCCCCCN(CC)CC)c3oc12. The minimum absolute atomic E-state index is 0.0504. The lowest BCUT2D eigenvalue weighted by molar-refractivity contribution is 0.275. The number of rotatable bonds is 18.